The number of ether oxygens (including phenoxy) is 2. The number of aromatic amines is 1. The Balaban J connectivity index is 0.00000119. The summed E-state index contributed by atoms with van der Waals surface area (Å²) in [5, 5.41) is 45.8. The van der Waals surface area contributed by atoms with Gasteiger partial charge in [-0.05, 0) is 79.6 Å². The Labute approximate surface area is 317 Å². The number of aliphatic hydroxyl groups excluding tert-OH is 1. The molecular formula is C43H55N3O8. The van der Waals surface area contributed by atoms with E-state index < -0.39 is 17.7 Å². The molecule has 3 aromatic carbocycles. The summed E-state index contributed by atoms with van der Waals surface area (Å²) in [6.45, 7) is 7.34. The summed E-state index contributed by atoms with van der Waals surface area (Å²) >= 11 is 0. The van der Waals surface area contributed by atoms with Crippen LogP contribution < -0.4 is 20.7 Å². The molecule has 1 saturated carbocycles. The van der Waals surface area contributed by atoms with Gasteiger partial charge in [-0.1, -0.05) is 61.4 Å². The van der Waals surface area contributed by atoms with Crippen LogP contribution in [0.4, 0.5) is 0 Å². The molecule has 1 aliphatic carbocycles. The molecule has 290 valence electrons. The van der Waals surface area contributed by atoms with E-state index in [4.69, 9.17) is 19.4 Å². The second-order valence-electron chi connectivity index (χ2n) is 15.4. The lowest BCUT2D eigenvalue weighted by Crippen LogP contribution is -2.65. The highest BCUT2D eigenvalue weighted by Crippen LogP contribution is 2.42. The number of carbonyl (C=O) groups excluding carboxylic acids is 1. The summed E-state index contributed by atoms with van der Waals surface area (Å²) in [5.74, 6) is 0.600. The first-order valence-corrected chi connectivity index (χ1v) is 19.4. The van der Waals surface area contributed by atoms with E-state index in [1.165, 1.54) is 56.5 Å². The predicted molar refractivity (Wildman–Crippen MR) is 205 cm³/mol. The molecule has 4 fully saturated rings. The maximum atomic E-state index is 12.0. The van der Waals surface area contributed by atoms with E-state index in [9.17, 15) is 20.1 Å². The minimum atomic E-state index is -1.08. The zero-order valence-electron chi connectivity index (χ0n) is 31.3. The average Bonchev–Trinajstić information content (AvgIpc) is 3.73. The first-order chi connectivity index (χ1) is 26.0. The molecule has 0 spiro atoms. The lowest BCUT2D eigenvalue weighted by Gasteiger charge is -2.52. The van der Waals surface area contributed by atoms with Crippen LogP contribution in [0.15, 0.2) is 83.7 Å². The third kappa shape index (κ3) is 9.69. The number of rotatable bonds is 15. The number of phenols is 1. The number of hydrogen-bond acceptors (Lipinski definition) is 9. The van der Waals surface area contributed by atoms with E-state index in [0.29, 0.717) is 48.7 Å². The van der Waals surface area contributed by atoms with Crippen LogP contribution in [0.25, 0.3) is 10.9 Å². The van der Waals surface area contributed by atoms with Gasteiger partial charge in [0.2, 0.25) is 5.56 Å². The fraction of sp³-hybridized carbons (Fsp3) is 0.488. The molecule has 1 aromatic heterocycles. The molecule has 54 heavy (non-hydrogen) atoms. The second-order valence-corrected chi connectivity index (χ2v) is 15.4. The summed E-state index contributed by atoms with van der Waals surface area (Å²) in [4.78, 5) is 23.2. The number of nitrogens with one attached hydrogen (secondary N) is 2. The van der Waals surface area contributed by atoms with Crippen LogP contribution in [-0.4, -0.2) is 89.3 Å². The summed E-state index contributed by atoms with van der Waals surface area (Å²) in [6.07, 6.45) is 7.03. The number of nitrogens with zero attached hydrogens (tertiary/aromatic N) is 1. The van der Waals surface area contributed by atoms with E-state index in [0.717, 1.165) is 55.1 Å². The molecule has 2 bridgehead atoms. The zero-order valence-corrected chi connectivity index (χ0v) is 31.3. The number of quaternary nitrogens is 1. The van der Waals surface area contributed by atoms with Crippen molar-refractivity contribution in [3.63, 3.8) is 0 Å². The number of aromatic nitrogens is 1. The molecule has 11 nitrogen and oxygen atoms in total. The van der Waals surface area contributed by atoms with E-state index in [2.05, 4.69) is 34.6 Å². The van der Waals surface area contributed by atoms with Crippen LogP contribution in [-0.2, 0) is 21.6 Å². The average molecular weight is 742 g/mol. The number of piperidine rings is 3. The minimum absolute atomic E-state index is 0.0177. The quantitative estimate of drug-likeness (QED) is 0.0898. The van der Waals surface area contributed by atoms with E-state index >= 15 is 0 Å². The van der Waals surface area contributed by atoms with Gasteiger partial charge in [-0.2, -0.15) is 0 Å². The van der Waals surface area contributed by atoms with Gasteiger partial charge in [-0.25, -0.2) is 0 Å². The maximum Gasteiger partial charge on any atom is 0.248 e. The SMILES string of the molecule is CC(=O)[O-].O=c1ccc2c([C@@H](O)CNCCc3ccc(OCC[N+]45CCC(CC4)[C@@H](OC[C@@](O)(c4ccccc4)C4CCCC4)C5)cc3)ccc(O)c2[nH]1. The van der Waals surface area contributed by atoms with Crippen LogP contribution in [0.5, 0.6) is 11.5 Å². The molecule has 4 heterocycles. The Morgan fingerprint density at radius 1 is 1.00 bits per heavy atom. The Kier molecular flexibility index (Phi) is 13.1. The highest BCUT2D eigenvalue weighted by atomic mass is 16.5. The number of benzene rings is 3. The highest BCUT2D eigenvalue weighted by molar-refractivity contribution is 5.87. The predicted octanol–water partition coefficient (Wildman–Crippen LogP) is 3.94. The van der Waals surface area contributed by atoms with E-state index in [1.54, 1.807) is 12.1 Å². The smallest absolute Gasteiger partial charge is 0.248 e. The molecule has 3 aliphatic heterocycles. The number of carbonyl (C=O) groups is 1. The Morgan fingerprint density at radius 3 is 2.41 bits per heavy atom. The van der Waals surface area contributed by atoms with Crippen molar-refractivity contribution in [1.29, 1.82) is 0 Å². The van der Waals surface area contributed by atoms with Crippen molar-refractivity contribution in [3.8, 4) is 11.5 Å². The number of aliphatic carboxylic acids is 1. The van der Waals surface area contributed by atoms with Crippen molar-refractivity contribution in [2.45, 2.75) is 69.7 Å². The molecule has 3 saturated heterocycles. The third-order valence-electron chi connectivity index (χ3n) is 11.8. The van der Waals surface area contributed by atoms with Crippen molar-refractivity contribution < 1.29 is 39.2 Å². The maximum absolute atomic E-state index is 12.0. The normalized spacial score (nSPS) is 22.6. The van der Waals surface area contributed by atoms with Gasteiger partial charge in [0.15, 0.2) is 0 Å². The standard InChI is InChI=1S/C41H51N3O6.C2H4O2/c45-36-16-14-34(35-15-17-39(47)43-40(35)36)37(46)26-42-21-18-29-10-12-33(13-11-29)49-25-24-44-22-19-30(20-23-44)38(27-44)50-28-41(48,32-8-4-5-9-32)31-6-2-1-3-7-31;1-2(3)4/h1-3,6-7,10-17,30,32,37-38,42,46,48H,4-5,8-9,18-28H2,(H-,43,45,47);1H3,(H,3,4)/t30?,37-,38-,41+,44?;/m0./s1. The molecular weight excluding hydrogens is 686 g/mol. The number of aromatic hydroxyl groups is 1. The second kappa shape index (κ2) is 17.9. The van der Waals surface area contributed by atoms with Gasteiger partial charge in [0, 0.05) is 42.7 Å². The van der Waals surface area contributed by atoms with E-state index in [-0.39, 0.29) is 23.3 Å². The number of carboxylic acid groups (broad SMARTS) is 1. The summed E-state index contributed by atoms with van der Waals surface area (Å²) in [5.41, 5.74) is 1.94. The molecule has 11 heteroatoms. The molecule has 5 N–H and O–H groups in total. The van der Waals surface area contributed by atoms with Crippen molar-refractivity contribution in [2.75, 3.05) is 52.5 Å². The number of phenolic OH excluding ortho intramolecular Hbond substituents is 1. The lowest BCUT2D eigenvalue weighted by molar-refractivity contribution is -0.946. The fourth-order valence-electron chi connectivity index (χ4n) is 8.77. The van der Waals surface area contributed by atoms with Crippen molar-refractivity contribution in [1.82, 2.24) is 10.3 Å². The monoisotopic (exact) mass is 741 g/mol. The molecule has 0 radical (unpaired) electrons. The topological polar surface area (TPSA) is 164 Å². The van der Waals surface area contributed by atoms with E-state index in [1.807, 2.05) is 30.3 Å². The number of hydrogen-bond donors (Lipinski definition) is 5. The zero-order chi connectivity index (χ0) is 38.1. The van der Waals surface area contributed by atoms with Crippen molar-refractivity contribution in [3.05, 3.63) is 106 Å². The molecule has 4 aromatic rings. The van der Waals surface area contributed by atoms with Gasteiger partial charge < -0.3 is 49.5 Å². The first kappa shape index (κ1) is 39.4. The third-order valence-corrected chi connectivity index (χ3v) is 11.8. The van der Waals surface area contributed by atoms with Crippen LogP contribution in [0.2, 0.25) is 0 Å². The Hall–Kier alpha value is -4.26. The van der Waals surface area contributed by atoms with Crippen molar-refractivity contribution in [2.24, 2.45) is 11.8 Å². The van der Waals surface area contributed by atoms with Gasteiger partial charge in [-0.15, -0.1) is 0 Å². The molecule has 8 rings (SSSR count). The Morgan fingerprint density at radius 2 is 1.70 bits per heavy atom. The first-order valence-electron chi connectivity index (χ1n) is 19.4. The van der Waals surface area contributed by atoms with Gasteiger partial charge >= 0.3 is 0 Å². The minimum Gasteiger partial charge on any atom is -0.550 e. The number of fused-ring (bicyclic) bond motifs is 4. The fourth-order valence-corrected chi connectivity index (χ4v) is 8.77. The largest absolute Gasteiger partial charge is 0.550 e. The van der Waals surface area contributed by atoms with Gasteiger partial charge in [-0.3, -0.25) is 4.79 Å². The number of H-pyrrole nitrogens is 1. The van der Waals surface area contributed by atoms with Gasteiger partial charge in [0.25, 0.3) is 0 Å². The highest BCUT2D eigenvalue weighted by Gasteiger charge is 2.48. The lowest BCUT2D eigenvalue weighted by atomic mass is 9.80. The molecule has 0 amide bonds. The number of pyridine rings is 1. The summed E-state index contributed by atoms with van der Waals surface area (Å²) in [6, 6.07) is 24.7. The van der Waals surface area contributed by atoms with Gasteiger partial charge in [0.1, 0.15) is 42.9 Å². The van der Waals surface area contributed by atoms with Crippen LogP contribution >= 0.6 is 0 Å². The van der Waals surface area contributed by atoms with Crippen LogP contribution in [0, 0.1) is 11.8 Å². The van der Waals surface area contributed by atoms with Crippen molar-refractivity contribution >= 4 is 16.9 Å². The molecule has 0 unspecified atom stereocenters. The number of aliphatic hydroxyl groups is 2. The van der Waals surface area contributed by atoms with Crippen LogP contribution in [0.1, 0.15) is 68.2 Å². The Bertz CT molecular complexity index is 1870. The molecule has 4 aliphatic rings. The van der Waals surface area contributed by atoms with Crippen LogP contribution in [0.3, 0.4) is 0 Å². The molecule has 3 atom stereocenters. The number of carboxylic acids is 1. The summed E-state index contributed by atoms with van der Waals surface area (Å²) in [7, 11) is 0. The van der Waals surface area contributed by atoms with Gasteiger partial charge in [0.05, 0.1) is 31.3 Å². The summed E-state index contributed by atoms with van der Waals surface area (Å²) < 4.78 is 14.0.